The van der Waals surface area contributed by atoms with Crippen LogP contribution in [0.3, 0.4) is 0 Å². The highest BCUT2D eigenvalue weighted by atomic mass is 32.2. The minimum absolute atomic E-state index is 0.159. The number of rotatable bonds is 4. The van der Waals surface area contributed by atoms with Crippen molar-refractivity contribution in [1.29, 1.82) is 0 Å². The van der Waals surface area contributed by atoms with Gasteiger partial charge in [0.1, 0.15) is 0 Å². The third kappa shape index (κ3) is 2.20. The molecule has 0 atom stereocenters. The number of benzene rings is 1. The number of thioether (sulfide) groups is 1. The van der Waals surface area contributed by atoms with Gasteiger partial charge in [-0.25, -0.2) is 0 Å². The van der Waals surface area contributed by atoms with E-state index in [4.69, 9.17) is 5.73 Å². The second-order valence-electron chi connectivity index (χ2n) is 4.76. The van der Waals surface area contributed by atoms with Crippen LogP contribution in [-0.2, 0) is 6.42 Å². The molecule has 2 nitrogen and oxygen atoms in total. The smallest absolute Gasteiger partial charge is 0.0490 e. The molecule has 0 aromatic heterocycles. The zero-order valence-corrected chi connectivity index (χ0v) is 10.5. The predicted molar refractivity (Wildman–Crippen MR) is 69.7 cm³/mol. The second kappa shape index (κ2) is 4.68. The summed E-state index contributed by atoms with van der Waals surface area (Å²) in [5.41, 5.74) is 8.18. The van der Waals surface area contributed by atoms with Gasteiger partial charge in [-0.05, 0) is 48.6 Å². The molecule has 3 N–H and O–H groups in total. The van der Waals surface area contributed by atoms with Gasteiger partial charge in [0.2, 0.25) is 0 Å². The van der Waals surface area contributed by atoms with Crippen molar-refractivity contribution in [2.24, 2.45) is 5.41 Å². The lowest BCUT2D eigenvalue weighted by Gasteiger charge is -2.40. The first kappa shape index (κ1) is 11.8. The number of aliphatic hydroxyl groups excluding tert-OH is 1. The number of anilines is 1. The summed E-state index contributed by atoms with van der Waals surface area (Å²) < 4.78 is 0. The summed E-state index contributed by atoms with van der Waals surface area (Å²) in [6.45, 7) is 0.311. The first-order valence-corrected chi connectivity index (χ1v) is 6.95. The average Bonchev–Trinajstić information content (AvgIpc) is 2.25. The van der Waals surface area contributed by atoms with E-state index in [9.17, 15) is 5.11 Å². The third-order valence-electron chi connectivity index (χ3n) is 3.63. The Morgan fingerprint density at radius 2 is 2.19 bits per heavy atom. The molecule has 0 spiro atoms. The SMILES string of the molecule is CSc1cc(CC2(CO)CCC2)ccc1N. The summed E-state index contributed by atoms with van der Waals surface area (Å²) in [7, 11) is 0. The Kier molecular flexibility index (Phi) is 3.45. The van der Waals surface area contributed by atoms with Crippen LogP contribution in [0.4, 0.5) is 5.69 Å². The van der Waals surface area contributed by atoms with E-state index in [1.54, 1.807) is 11.8 Å². The average molecular weight is 237 g/mol. The van der Waals surface area contributed by atoms with Crippen LogP contribution in [0.5, 0.6) is 0 Å². The van der Waals surface area contributed by atoms with Crippen LogP contribution in [0.2, 0.25) is 0 Å². The molecule has 0 saturated heterocycles. The van der Waals surface area contributed by atoms with Crippen LogP contribution in [-0.4, -0.2) is 18.0 Å². The lowest BCUT2D eigenvalue weighted by atomic mass is 9.66. The molecule has 1 saturated carbocycles. The Morgan fingerprint density at radius 1 is 1.44 bits per heavy atom. The van der Waals surface area contributed by atoms with Gasteiger partial charge >= 0.3 is 0 Å². The predicted octanol–water partition coefficient (Wildman–Crippen LogP) is 2.70. The van der Waals surface area contributed by atoms with E-state index in [-0.39, 0.29) is 5.41 Å². The molecule has 0 aliphatic heterocycles. The van der Waals surface area contributed by atoms with Crippen LogP contribution in [0.25, 0.3) is 0 Å². The topological polar surface area (TPSA) is 46.2 Å². The van der Waals surface area contributed by atoms with E-state index >= 15 is 0 Å². The molecule has 0 unspecified atom stereocenters. The molecule has 1 aromatic carbocycles. The van der Waals surface area contributed by atoms with Gasteiger partial charge < -0.3 is 10.8 Å². The summed E-state index contributed by atoms with van der Waals surface area (Å²) in [5.74, 6) is 0. The van der Waals surface area contributed by atoms with E-state index in [2.05, 4.69) is 12.1 Å². The molecule has 2 rings (SSSR count). The van der Waals surface area contributed by atoms with Crippen molar-refractivity contribution in [2.75, 3.05) is 18.6 Å². The first-order valence-electron chi connectivity index (χ1n) is 5.72. The van der Waals surface area contributed by atoms with Gasteiger partial charge in [0.05, 0.1) is 0 Å². The molecule has 1 aliphatic rings. The van der Waals surface area contributed by atoms with E-state index in [0.29, 0.717) is 6.61 Å². The molecular weight excluding hydrogens is 218 g/mol. The highest BCUT2D eigenvalue weighted by Crippen LogP contribution is 2.43. The second-order valence-corrected chi connectivity index (χ2v) is 5.61. The van der Waals surface area contributed by atoms with Gasteiger partial charge in [-0.2, -0.15) is 0 Å². The standard InChI is InChI=1S/C13H19NOS/c1-16-12-7-10(3-4-11(12)14)8-13(9-15)5-2-6-13/h3-4,7,15H,2,5-6,8-9,14H2,1H3. The molecule has 88 valence electrons. The molecule has 1 aliphatic carbocycles. The fraction of sp³-hybridized carbons (Fsp3) is 0.538. The normalized spacial score (nSPS) is 18.1. The monoisotopic (exact) mass is 237 g/mol. The van der Waals surface area contributed by atoms with Crippen molar-refractivity contribution >= 4 is 17.4 Å². The first-order chi connectivity index (χ1) is 7.69. The van der Waals surface area contributed by atoms with Gasteiger partial charge in [-0.3, -0.25) is 0 Å². The Morgan fingerprint density at radius 3 is 2.69 bits per heavy atom. The van der Waals surface area contributed by atoms with E-state index < -0.39 is 0 Å². The zero-order chi connectivity index (χ0) is 11.6. The molecule has 0 bridgehead atoms. The summed E-state index contributed by atoms with van der Waals surface area (Å²) in [6.07, 6.45) is 6.59. The molecule has 0 radical (unpaired) electrons. The van der Waals surface area contributed by atoms with Crippen LogP contribution in [0.1, 0.15) is 24.8 Å². The fourth-order valence-corrected chi connectivity index (χ4v) is 2.94. The number of hydrogen-bond acceptors (Lipinski definition) is 3. The minimum Gasteiger partial charge on any atom is -0.398 e. The molecule has 1 aromatic rings. The molecule has 0 amide bonds. The zero-order valence-electron chi connectivity index (χ0n) is 9.70. The Labute approximate surface area is 101 Å². The number of aliphatic hydroxyl groups is 1. The van der Waals surface area contributed by atoms with E-state index in [1.165, 1.54) is 12.0 Å². The fourth-order valence-electron chi connectivity index (χ4n) is 2.37. The van der Waals surface area contributed by atoms with Gasteiger partial charge in [-0.15, -0.1) is 11.8 Å². The molecule has 1 fully saturated rings. The molecule has 0 heterocycles. The minimum atomic E-state index is 0.159. The number of nitrogen functional groups attached to an aromatic ring is 1. The third-order valence-corrected chi connectivity index (χ3v) is 4.42. The van der Waals surface area contributed by atoms with Gasteiger partial charge in [0.15, 0.2) is 0 Å². The maximum Gasteiger partial charge on any atom is 0.0490 e. The Balaban J connectivity index is 2.15. The maximum atomic E-state index is 9.45. The Hall–Kier alpha value is -0.670. The van der Waals surface area contributed by atoms with Crippen molar-refractivity contribution in [1.82, 2.24) is 0 Å². The number of hydrogen-bond donors (Lipinski definition) is 2. The number of nitrogens with two attached hydrogens (primary N) is 1. The summed E-state index contributed by atoms with van der Waals surface area (Å²) in [4.78, 5) is 1.14. The quantitative estimate of drug-likeness (QED) is 0.625. The van der Waals surface area contributed by atoms with Crippen molar-refractivity contribution < 1.29 is 5.11 Å². The van der Waals surface area contributed by atoms with Crippen molar-refractivity contribution in [3.8, 4) is 0 Å². The van der Waals surface area contributed by atoms with Crippen molar-refractivity contribution in [3.63, 3.8) is 0 Å². The molecular formula is C13H19NOS. The lowest BCUT2D eigenvalue weighted by Crippen LogP contribution is -2.35. The van der Waals surface area contributed by atoms with Crippen molar-refractivity contribution in [2.45, 2.75) is 30.6 Å². The summed E-state index contributed by atoms with van der Waals surface area (Å²) in [5, 5.41) is 9.45. The van der Waals surface area contributed by atoms with Crippen LogP contribution in [0.15, 0.2) is 23.1 Å². The van der Waals surface area contributed by atoms with Crippen LogP contribution in [0, 0.1) is 5.41 Å². The van der Waals surface area contributed by atoms with Gasteiger partial charge in [0, 0.05) is 17.2 Å². The van der Waals surface area contributed by atoms with Gasteiger partial charge in [-0.1, -0.05) is 12.5 Å². The maximum absolute atomic E-state index is 9.45. The summed E-state index contributed by atoms with van der Waals surface area (Å²) in [6, 6.07) is 6.23. The Bertz CT molecular complexity index is 369. The van der Waals surface area contributed by atoms with Crippen LogP contribution < -0.4 is 5.73 Å². The highest BCUT2D eigenvalue weighted by Gasteiger charge is 2.36. The molecule has 3 heteroatoms. The van der Waals surface area contributed by atoms with E-state index in [1.807, 2.05) is 12.3 Å². The van der Waals surface area contributed by atoms with Crippen LogP contribution >= 0.6 is 11.8 Å². The molecule has 16 heavy (non-hydrogen) atoms. The lowest BCUT2D eigenvalue weighted by molar-refractivity contribution is 0.0450. The highest BCUT2D eigenvalue weighted by molar-refractivity contribution is 7.98. The van der Waals surface area contributed by atoms with Crippen molar-refractivity contribution in [3.05, 3.63) is 23.8 Å². The van der Waals surface area contributed by atoms with Gasteiger partial charge in [0.25, 0.3) is 0 Å². The largest absolute Gasteiger partial charge is 0.398 e. The van der Waals surface area contributed by atoms with E-state index in [0.717, 1.165) is 29.8 Å². The summed E-state index contributed by atoms with van der Waals surface area (Å²) >= 11 is 1.68.